The van der Waals surface area contributed by atoms with Gasteiger partial charge in [0.05, 0.1) is 6.54 Å². The second-order valence-electron chi connectivity index (χ2n) is 5.56. The number of nitrogens with zero attached hydrogens (tertiary/aromatic N) is 2. The maximum Gasteiger partial charge on any atom is 0.192 e. The SMILES string of the molecule is CCNC(=NCc1oc2ccccc2c1C)NCc1ncc(C)s1.I. The summed E-state index contributed by atoms with van der Waals surface area (Å²) in [7, 11) is 0. The van der Waals surface area contributed by atoms with Crippen LogP contribution in [0.15, 0.2) is 39.9 Å². The molecule has 0 aliphatic rings. The average molecular weight is 470 g/mol. The van der Waals surface area contributed by atoms with Crippen LogP contribution in [-0.4, -0.2) is 17.5 Å². The molecular formula is C18H23IN4OS. The Morgan fingerprint density at radius 2 is 2.04 bits per heavy atom. The molecule has 0 aliphatic heterocycles. The Balaban J connectivity index is 0.00000225. The van der Waals surface area contributed by atoms with Crippen molar-refractivity contribution in [3.63, 3.8) is 0 Å². The third-order valence-corrected chi connectivity index (χ3v) is 4.66. The molecule has 134 valence electrons. The molecule has 2 aromatic heterocycles. The van der Waals surface area contributed by atoms with Gasteiger partial charge in [-0.3, -0.25) is 0 Å². The topological polar surface area (TPSA) is 62.5 Å². The minimum atomic E-state index is 0. The second-order valence-corrected chi connectivity index (χ2v) is 6.88. The highest BCUT2D eigenvalue weighted by molar-refractivity contribution is 14.0. The smallest absolute Gasteiger partial charge is 0.192 e. The van der Waals surface area contributed by atoms with Gasteiger partial charge >= 0.3 is 0 Å². The van der Waals surface area contributed by atoms with Gasteiger partial charge in [-0.1, -0.05) is 18.2 Å². The molecule has 0 unspecified atom stereocenters. The van der Waals surface area contributed by atoms with Crippen molar-refractivity contribution < 1.29 is 4.42 Å². The van der Waals surface area contributed by atoms with Crippen molar-refractivity contribution in [3.8, 4) is 0 Å². The van der Waals surface area contributed by atoms with Crippen LogP contribution < -0.4 is 10.6 Å². The number of halogens is 1. The fourth-order valence-corrected chi connectivity index (χ4v) is 3.24. The van der Waals surface area contributed by atoms with Crippen molar-refractivity contribution in [2.75, 3.05) is 6.54 Å². The summed E-state index contributed by atoms with van der Waals surface area (Å²) < 4.78 is 5.92. The lowest BCUT2D eigenvalue weighted by Gasteiger charge is -2.09. The van der Waals surface area contributed by atoms with Crippen molar-refractivity contribution in [2.45, 2.75) is 33.9 Å². The molecule has 7 heteroatoms. The van der Waals surface area contributed by atoms with Crippen LogP contribution in [0.5, 0.6) is 0 Å². The summed E-state index contributed by atoms with van der Waals surface area (Å²) in [6.07, 6.45) is 1.89. The third kappa shape index (κ3) is 4.94. The molecule has 1 aromatic carbocycles. The van der Waals surface area contributed by atoms with Gasteiger partial charge in [-0.15, -0.1) is 35.3 Å². The number of aryl methyl sites for hydroxylation is 2. The summed E-state index contributed by atoms with van der Waals surface area (Å²) in [6, 6.07) is 8.08. The Kier molecular flexibility index (Phi) is 7.24. The van der Waals surface area contributed by atoms with Gasteiger partial charge in [0.25, 0.3) is 0 Å². The molecule has 0 aliphatic carbocycles. The first-order valence-corrected chi connectivity index (χ1v) is 8.89. The number of aliphatic imine (C=N–C) groups is 1. The van der Waals surface area contributed by atoms with Crippen LogP contribution in [0, 0.1) is 13.8 Å². The monoisotopic (exact) mass is 470 g/mol. The number of nitrogens with one attached hydrogen (secondary N) is 2. The first-order chi connectivity index (χ1) is 11.7. The summed E-state index contributed by atoms with van der Waals surface area (Å²) in [5, 5.41) is 8.78. The van der Waals surface area contributed by atoms with Crippen LogP contribution in [0.3, 0.4) is 0 Å². The van der Waals surface area contributed by atoms with Crippen LogP contribution in [0.4, 0.5) is 0 Å². The molecular weight excluding hydrogens is 447 g/mol. The Hall–Kier alpha value is -1.61. The molecule has 3 aromatic rings. The maximum absolute atomic E-state index is 5.92. The van der Waals surface area contributed by atoms with Gasteiger partial charge < -0.3 is 15.1 Å². The second kappa shape index (κ2) is 9.19. The zero-order valence-corrected chi connectivity index (χ0v) is 17.8. The number of benzene rings is 1. The molecule has 0 amide bonds. The molecule has 3 rings (SSSR count). The van der Waals surface area contributed by atoms with Crippen LogP contribution in [0.2, 0.25) is 0 Å². The first-order valence-electron chi connectivity index (χ1n) is 8.08. The molecule has 5 nitrogen and oxygen atoms in total. The van der Waals surface area contributed by atoms with Gasteiger partial charge in [0.2, 0.25) is 0 Å². The molecule has 25 heavy (non-hydrogen) atoms. The number of fused-ring (bicyclic) bond motifs is 1. The van der Waals surface area contributed by atoms with E-state index in [4.69, 9.17) is 4.42 Å². The van der Waals surface area contributed by atoms with Crippen molar-refractivity contribution in [2.24, 2.45) is 4.99 Å². The highest BCUT2D eigenvalue weighted by Gasteiger charge is 2.09. The van der Waals surface area contributed by atoms with Crippen molar-refractivity contribution >= 4 is 52.2 Å². The molecule has 0 saturated carbocycles. The van der Waals surface area contributed by atoms with E-state index in [1.54, 1.807) is 11.3 Å². The van der Waals surface area contributed by atoms with Crippen LogP contribution in [-0.2, 0) is 13.1 Å². The molecule has 0 radical (unpaired) electrons. The van der Waals surface area contributed by atoms with Gasteiger partial charge in [-0.2, -0.15) is 0 Å². The van der Waals surface area contributed by atoms with Crippen molar-refractivity contribution in [3.05, 3.63) is 51.7 Å². The number of rotatable bonds is 5. The molecule has 0 saturated heterocycles. The van der Waals surface area contributed by atoms with Gasteiger partial charge in [0, 0.05) is 28.6 Å². The van der Waals surface area contributed by atoms with E-state index in [0.29, 0.717) is 13.1 Å². The Morgan fingerprint density at radius 3 is 2.72 bits per heavy atom. The van der Waals surface area contributed by atoms with Crippen LogP contribution >= 0.6 is 35.3 Å². The highest BCUT2D eigenvalue weighted by atomic mass is 127. The number of furan rings is 1. The Labute approximate surface area is 169 Å². The van der Waals surface area contributed by atoms with E-state index in [1.807, 2.05) is 24.4 Å². The van der Waals surface area contributed by atoms with Gasteiger partial charge in [0.15, 0.2) is 5.96 Å². The normalized spacial score (nSPS) is 11.4. The number of aromatic nitrogens is 1. The number of thiazole rings is 1. The van der Waals surface area contributed by atoms with E-state index in [-0.39, 0.29) is 24.0 Å². The maximum atomic E-state index is 5.92. The quantitative estimate of drug-likeness (QED) is 0.330. The van der Waals surface area contributed by atoms with Gasteiger partial charge in [-0.05, 0) is 26.8 Å². The predicted molar refractivity (Wildman–Crippen MR) is 115 cm³/mol. The zero-order chi connectivity index (χ0) is 16.9. The van der Waals surface area contributed by atoms with Crippen molar-refractivity contribution in [1.82, 2.24) is 15.6 Å². The fraction of sp³-hybridized carbons (Fsp3) is 0.333. The third-order valence-electron chi connectivity index (χ3n) is 3.74. The van der Waals surface area contributed by atoms with Gasteiger partial charge in [0.1, 0.15) is 22.9 Å². The standard InChI is InChI=1S/C18H22N4OS.HI/c1-4-19-18(22-11-17-20-9-12(2)24-17)21-10-16-13(3)14-7-5-6-8-15(14)23-16;/h5-9H,4,10-11H2,1-3H3,(H2,19,21,22);1H. The lowest BCUT2D eigenvalue weighted by Crippen LogP contribution is -2.36. The summed E-state index contributed by atoms with van der Waals surface area (Å²) in [6.45, 7) is 8.18. The highest BCUT2D eigenvalue weighted by Crippen LogP contribution is 2.25. The summed E-state index contributed by atoms with van der Waals surface area (Å²) in [5.41, 5.74) is 2.07. The average Bonchev–Trinajstić information content (AvgIpc) is 3.14. The van der Waals surface area contributed by atoms with Gasteiger partial charge in [-0.25, -0.2) is 9.98 Å². The number of hydrogen-bond donors (Lipinski definition) is 2. The van der Waals surface area contributed by atoms with Crippen LogP contribution in [0.25, 0.3) is 11.0 Å². The van der Waals surface area contributed by atoms with Crippen molar-refractivity contribution in [1.29, 1.82) is 0 Å². The molecule has 0 spiro atoms. The van der Waals surface area contributed by atoms with E-state index in [0.717, 1.165) is 39.8 Å². The number of hydrogen-bond acceptors (Lipinski definition) is 4. The lowest BCUT2D eigenvalue weighted by molar-refractivity contribution is 0.548. The Morgan fingerprint density at radius 1 is 1.24 bits per heavy atom. The minimum Gasteiger partial charge on any atom is -0.459 e. The molecule has 2 N–H and O–H groups in total. The lowest BCUT2D eigenvalue weighted by atomic mass is 10.1. The van der Waals surface area contributed by atoms with E-state index < -0.39 is 0 Å². The van der Waals surface area contributed by atoms with E-state index in [2.05, 4.69) is 47.4 Å². The number of guanidine groups is 1. The summed E-state index contributed by atoms with van der Waals surface area (Å²) in [4.78, 5) is 10.2. The van der Waals surface area contributed by atoms with E-state index >= 15 is 0 Å². The zero-order valence-electron chi connectivity index (χ0n) is 14.6. The summed E-state index contributed by atoms with van der Waals surface area (Å²) >= 11 is 1.69. The molecule has 0 fully saturated rings. The minimum absolute atomic E-state index is 0. The molecule has 0 bridgehead atoms. The largest absolute Gasteiger partial charge is 0.459 e. The summed E-state index contributed by atoms with van der Waals surface area (Å²) in [5.74, 6) is 1.67. The molecule has 2 heterocycles. The Bertz CT molecular complexity index is 856. The van der Waals surface area contributed by atoms with Crippen LogP contribution in [0.1, 0.15) is 28.1 Å². The predicted octanol–water partition coefficient (Wildman–Crippen LogP) is 4.38. The fourth-order valence-electron chi connectivity index (χ4n) is 2.51. The first kappa shape index (κ1) is 19.7. The number of para-hydroxylation sites is 1. The van der Waals surface area contributed by atoms with E-state index in [1.165, 1.54) is 4.88 Å². The van der Waals surface area contributed by atoms with E-state index in [9.17, 15) is 0 Å². The molecule has 0 atom stereocenters.